The molecule has 0 radical (unpaired) electrons. The van der Waals surface area contributed by atoms with Crippen LogP contribution in [0.5, 0.6) is 0 Å². The first-order valence-electron chi connectivity index (χ1n) is 10.7. The van der Waals surface area contributed by atoms with Crippen LogP contribution in [0.1, 0.15) is 33.1 Å². The zero-order chi connectivity index (χ0) is 21.1. The molecule has 0 aliphatic carbocycles. The molecule has 0 bridgehead atoms. The van der Waals surface area contributed by atoms with Gasteiger partial charge in [-0.3, -0.25) is 4.99 Å². The predicted octanol–water partition coefficient (Wildman–Crippen LogP) is 0.520. The van der Waals surface area contributed by atoms with Crippen molar-refractivity contribution in [3.63, 3.8) is 0 Å². The van der Waals surface area contributed by atoms with Crippen molar-refractivity contribution < 1.29 is 22.6 Å². The number of hydrogen-bond acceptors (Lipinski definition) is 6. The predicted molar refractivity (Wildman–Crippen MR) is 114 cm³/mol. The summed E-state index contributed by atoms with van der Waals surface area (Å²) < 4.78 is 43.1. The number of sulfonamides is 1. The van der Waals surface area contributed by atoms with Crippen LogP contribution in [0.2, 0.25) is 0 Å². The van der Waals surface area contributed by atoms with E-state index in [2.05, 4.69) is 15.2 Å². The van der Waals surface area contributed by atoms with Gasteiger partial charge in [0, 0.05) is 59.6 Å². The lowest BCUT2D eigenvalue weighted by atomic mass is 10.1. The lowest BCUT2D eigenvalue weighted by molar-refractivity contribution is -0.0320. The summed E-state index contributed by atoms with van der Waals surface area (Å²) in [5.41, 5.74) is 0. The molecule has 0 aromatic carbocycles. The first-order chi connectivity index (χ1) is 13.9. The van der Waals surface area contributed by atoms with Crippen LogP contribution < -0.4 is 5.32 Å². The average Bonchev–Trinajstić information content (AvgIpc) is 2.71. The summed E-state index contributed by atoms with van der Waals surface area (Å²) in [6.07, 6.45) is 3.22. The maximum Gasteiger partial charge on any atom is 0.216 e. The molecule has 2 saturated heterocycles. The Morgan fingerprint density at radius 1 is 1.17 bits per heavy atom. The molecular formula is C19H38N4O5S. The molecule has 2 heterocycles. The van der Waals surface area contributed by atoms with Crippen molar-refractivity contribution >= 4 is 16.0 Å². The zero-order valence-electron chi connectivity index (χ0n) is 18.1. The van der Waals surface area contributed by atoms with E-state index in [-0.39, 0.29) is 18.5 Å². The highest BCUT2D eigenvalue weighted by molar-refractivity contribution is 7.89. The summed E-state index contributed by atoms with van der Waals surface area (Å²) in [6.45, 7) is 9.33. The van der Waals surface area contributed by atoms with Gasteiger partial charge in [0.05, 0.1) is 24.6 Å². The highest BCUT2D eigenvalue weighted by Crippen LogP contribution is 2.11. The van der Waals surface area contributed by atoms with E-state index in [1.54, 1.807) is 11.4 Å². The lowest BCUT2D eigenvalue weighted by Crippen LogP contribution is -2.54. The number of hydrogen-bond donors (Lipinski definition) is 1. The number of aliphatic imine (C=N–C) groups is 1. The van der Waals surface area contributed by atoms with E-state index >= 15 is 0 Å². The number of rotatable bonds is 10. The van der Waals surface area contributed by atoms with Gasteiger partial charge >= 0.3 is 0 Å². The Morgan fingerprint density at radius 3 is 2.48 bits per heavy atom. The van der Waals surface area contributed by atoms with Gasteiger partial charge in [0.2, 0.25) is 10.0 Å². The van der Waals surface area contributed by atoms with E-state index < -0.39 is 10.0 Å². The normalized spacial score (nSPS) is 20.4. The fourth-order valence-electron chi connectivity index (χ4n) is 3.39. The fraction of sp³-hybridized carbons (Fsp3) is 0.947. The van der Waals surface area contributed by atoms with E-state index in [1.807, 2.05) is 13.8 Å². The third-order valence-electron chi connectivity index (χ3n) is 5.06. The molecule has 2 aliphatic heterocycles. The third kappa shape index (κ3) is 8.75. The van der Waals surface area contributed by atoms with E-state index in [9.17, 15) is 8.42 Å². The molecule has 1 N–H and O–H groups in total. The van der Waals surface area contributed by atoms with Gasteiger partial charge in [-0.15, -0.1) is 0 Å². The Balaban J connectivity index is 1.64. The molecule has 0 aromatic heterocycles. The van der Waals surface area contributed by atoms with E-state index in [0.717, 1.165) is 51.6 Å². The topological polar surface area (TPSA) is 92.7 Å². The largest absolute Gasteiger partial charge is 0.381 e. The van der Waals surface area contributed by atoms with Gasteiger partial charge in [-0.25, -0.2) is 8.42 Å². The minimum Gasteiger partial charge on any atom is -0.381 e. The molecule has 0 spiro atoms. The second kappa shape index (κ2) is 12.7. The Hall–Kier alpha value is -0.940. The number of nitrogens with zero attached hydrogens (tertiary/aromatic N) is 3. The van der Waals surface area contributed by atoms with Crippen LogP contribution in [0, 0.1) is 0 Å². The monoisotopic (exact) mass is 434 g/mol. The molecule has 0 saturated carbocycles. The van der Waals surface area contributed by atoms with Gasteiger partial charge in [0.25, 0.3) is 0 Å². The standard InChI is InChI=1S/C19H38N4O5S/c1-17(2)27-15-16-29(24,25)23-10-8-22(9-11-23)19(20-3)21-7-4-12-28-18-5-13-26-14-6-18/h17-18H,4-16H2,1-3H3,(H,20,21). The smallest absolute Gasteiger partial charge is 0.216 e. The fourth-order valence-corrected chi connectivity index (χ4v) is 4.68. The number of guanidine groups is 1. The Kier molecular flexibility index (Phi) is 10.6. The number of nitrogens with one attached hydrogen (secondary N) is 1. The molecule has 0 atom stereocenters. The SMILES string of the molecule is CN=C(NCCCOC1CCOCC1)N1CCN(S(=O)(=O)CCOC(C)C)CC1. The van der Waals surface area contributed by atoms with Crippen molar-refractivity contribution in [2.75, 3.05) is 72.0 Å². The molecule has 29 heavy (non-hydrogen) atoms. The molecule has 9 nitrogen and oxygen atoms in total. The van der Waals surface area contributed by atoms with Gasteiger partial charge in [0.1, 0.15) is 0 Å². The number of ether oxygens (including phenoxy) is 3. The molecule has 2 aliphatic rings. The van der Waals surface area contributed by atoms with Crippen LogP contribution in [-0.2, 0) is 24.2 Å². The van der Waals surface area contributed by atoms with Crippen molar-refractivity contribution in [3.8, 4) is 0 Å². The highest BCUT2D eigenvalue weighted by atomic mass is 32.2. The molecule has 2 fully saturated rings. The second-order valence-electron chi connectivity index (χ2n) is 7.63. The van der Waals surface area contributed by atoms with Gasteiger partial charge in [-0.2, -0.15) is 4.31 Å². The Bertz CT molecular complexity index is 585. The minimum atomic E-state index is -3.27. The molecule has 170 valence electrons. The van der Waals surface area contributed by atoms with Crippen molar-refractivity contribution in [2.45, 2.75) is 45.3 Å². The minimum absolute atomic E-state index is 0.0330. The van der Waals surface area contributed by atoms with Crippen molar-refractivity contribution in [2.24, 2.45) is 4.99 Å². The van der Waals surface area contributed by atoms with Crippen LogP contribution in [0.25, 0.3) is 0 Å². The van der Waals surface area contributed by atoms with Gasteiger partial charge in [-0.05, 0) is 33.1 Å². The van der Waals surface area contributed by atoms with E-state index in [1.165, 1.54) is 0 Å². The van der Waals surface area contributed by atoms with Crippen LogP contribution in [0.4, 0.5) is 0 Å². The first-order valence-corrected chi connectivity index (χ1v) is 12.3. The summed E-state index contributed by atoms with van der Waals surface area (Å²) >= 11 is 0. The summed E-state index contributed by atoms with van der Waals surface area (Å²) in [4.78, 5) is 6.45. The maximum atomic E-state index is 12.4. The van der Waals surface area contributed by atoms with Gasteiger partial charge < -0.3 is 24.4 Å². The summed E-state index contributed by atoms with van der Waals surface area (Å²) in [7, 11) is -1.52. The Morgan fingerprint density at radius 2 is 1.86 bits per heavy atom. The quantitative estimate of drug-likeness (QED) is 0.304. The van der Waals surface area contributed by atoms with Crippen LogP contribution in [0.3, 0.4) is 0 Å². The van der Waals surface area contributed by atoms with Crippen molar-refractivity contribution in [3.05, 3.63) is 0 Å². The van der Waals surface area contributed by atoms with Crippen LogP contribution in [0.15, 0.2) is 4.99 Å². The summed E-state index contributed by atoms with van der Waals surface area (Å²) in [5.74, 6) is 0.849. The number of piperazine rings is 1. The van der Waals surface area contributed by atoms with E-state index in [0.29, 0.717) is 32.3 Å². The van der Waals surface area contributed by atoms with Crippen LogP contribution >= 0.6 is 0 Å². The Labute approximate surface area is 175 Å². The molecule has 0 unspecified atom stereocenters. The zero-order valence-corrected chi connectivity index (χ0v) is 19.0. The molecule has 0 amide bonds. The lowest BCUT2D eigenvalue weighted by Gasteiger charge is -2.35. The summed E-state index contributed by atoms with van der Waals surface area (Å²) in [5, 5.41) is 3.36. The van der Waals surface area contributed by atoms with Crippen LogP contribution in [-0.4, -0.2) is 108 Å². The first kappa shape index (κ1) is 24.3. The van der Waals surface area contributed by atoms with Gasteiger partial charge in [-0.1, -0.05) is 0 Å². The van der Waals surface area contributed by atoms with E-state index in [4.69, 9.17) is 14.2 Å². The molecule has 0 aromatic rings. The van der Waals surface area contributed by atoms with Crippen molar-refractivity contribution in [1.29, 1.82) is 0 Å². The van der Waals surface area contributed by atoms with Crippen molar-refractivity contribution in [1.82, 2.24) is 14.5 Å². The molecule has 2 rings (SSSR count). The van der Waals surface area contributed by atoms with Gasteiger partial charge in [0.15, 0.2) is 5.96 Å². The highest BCUT2D eigenvalue weighted by Gasteiger charge is 2.28. The average molecular weight is 435 g/mol. The maximum absolute atomic E-state index is 12.4. The molecule has 10 heteroatoms. The third-order valence-corrected chi connectivity index (χ3v) is 6.90. The summed E-state index contributed by atoms with van der Waals surface area (Å²) in [6, 6.07) is 0. The molecular weight excluding hydrogens is 396 g/mol. The second-order valence-corrected chi connectivity index (χ2v) is 9.72.